The number of ether oxygens (including phenoxy) is 1. The van der Waals surface area contributed by atoms with Crippen LogP contribution in [0.4, 0.5) is 5.69 Å². The summed E-state index contributed by atoms with van der Waals surface area (Å²) in [5, 5.41) is 0.591. The Labute approximate surface area is 323 Å². The van der Waals surface area contributed by atoms with E-state index in [4.69, 9.17) is 27.9 Å². The third-order valence-corrected chi connectivity index (χ3v) is 11.4. The van der Waals surface area contributed by atoms with Crippen LogP contribution in [0.5, 0.6) is 5.75 Å². The summed E-state index contributed by atoms with van der Waals surface area (Å²) in [6.45, 7) is 15.1. The number of rotatable bonds is 16. The Balaban J connectivity index is 2.20. The van der Waals surface area contributed by atoms with Gasteiger partial charge in [-0.1, -0.05) is 93.7 Å². The van der Waals surface area contributed by atoms with Gasteiger partial charge in [-0.3, -0.25) is 14.4 Å². The molecule has 1 N–H and O–H groups in total. The SMILES string of the molecule is C=C(C)c1ccc(C)c(C(CCC)C2(C(CC=O)c3cc(Cl)ccc3OC(CC)(CC)C(=O)NS(C)(=O)=O)C(=O)N(C(=O)CC)c3cc(Cl)ccc32)c1. The predicted molar refractivity (Wildman–Crippen MR) is 211 cm³/mol. The normalized spacial score (nSPS) is 16.8. The number of hydrogen-bond donors (Lipinski definition) is 1. The molecular formula is C41H48Cl2N2O7S. The summed E-state index contributed by atoms with van der Waals surface area (Å²) >= 11 is 13.3. The molecule has 0 bridgehead atoms. The lowest BCUT2D eigenvalue weighted by molar-refractivity contribution is -0.136. The van der Waals surface area contributed by atoms with Crippen molar-refractivity contribution in [2.45, 2.75) is 103 Å². The van der Waals surface area contributed by atoms with E-state index in [-0.39, 0.29) is 36.5 Å². The number of imide groups is 1. The van der Waals surface area contributed by atoms with E-state index < -0.39 is 50.6 Å². The van der Waals surface area contributed by atoms with Crippen molar-refractivity contribution >= 4 is 68.5 Å². The van der Waals surface area contributed by atoms with Crippen LogP contribution in [0.15, 0.2) is 61.2 Å². The quantitative estimate of drug-likeness (QED) is 0.144. The summed E-state index contributed by atoms with van der Waals surface area (Å²) < 4.78 is 33.1. The van der Waals surface area contributed by atoms with E-state index in [0.29, 0.717) is 34.7 Å². The molecule has 1 aliphatic heterocycles. The number of carbonyl (C=O) groups is 4. The number of hydrogen-bond acceptors (Lipinski definition) is 7. The molecule has 1 aliphatic rings. The zero-order valence-electron chi connectivity index (χ0n) is 31.3. The van der Waals surface area contributed by atoms with Crippen molar-refractivity contribution in [2.24, 2.45) is 0 Å². The smallest absolute Gasteiger partial charge is 0.277 e. The van der Waals surface area contributed by atoms with Gasteiger partial charge in [-0.25, -0.2) is 18.0 Å². The van der Waals surface area contributed by atoms with Crippen LogP contribution in [0.1, 0.15) is 113 Å². The number of amides is 3. The van der Waals surface area contributed by atoms with Gasteiger partial charge in [-0.2, -0.15) is 0 Å². The second-order valence-corrected chi connectivity index (χ2v) is 16.4. The molecule has 3 aromatic carbocycles. The number of anilines is 1. The molecule has 0 aliphatic carbocycles. The van der Waals surface area contributed by atoms with Crippen molar-refractivity contribution in [3.8, 4) is 5.75 Å². The molecule has 4 rings (SSSR count). The lowest BCUT2D eigenvalue weighted by Gasteiger charge is -2.44. The fourth-order valence-electron chi connectivity index (χ4n) is 7.74. The number of aryl methyl sites for hydroxylation is 1. The van der Waals surface area contributed by atoms with Gasteiger partial charge in [0.05, 0.1) is 17.4 Å². The van der Waals surface area contributed by atoms with Gasteiger partial charge in [-0.05, 0) is 85.7 Å². The first kappa shape index (κ1) is 41.8. The van der Waals surface area contributed by atoms with Crippen molar-refractivity contribution in [2.75, 3.05) is 11.2 Å². The zero-order valence-corrected chi connectivity index (χ0v) is 33.7. The first-order valence-electron chi connectivity index (χ1n) is 17.8. The number of sulfonamides is 1. The van der Waals surface area contributed by atoms with E-state index in [1.807, 2.05) is 39.0 Å². The molecule has 1 heterocycles. The Kier molecular flexibility index (Phi) is 13.1. The average molecular weight is 784 g/mol. The van der Waals surface area contributed by atoms with Crippen LogP contribution in [0.2, 0.25) is 10.0 Å². The fourth-order valence-corrected chi connectivity index (χ4v) is 8.61. The van der Waals surface area contributed by atoms with Crippen molar-refractivity contribution in [3.05, 3.63) is 99.0 Å². The zero-order chi connectivity index (χ0) is 39.5. The summed E-state index contributed by atoms with van der Waals surface area (Å²) in [6.07, 6.45) is 2.70. The molecule has 3 unspecified atom stereocenters. The van der Waals surface area contributed by atoms with Crippen LogP contribution in [-0.2, 0) is 34.6 Å². The van der Waals surface area contributed by atoms with Crippen molar-refractivity contribution < 1.29 is 32.3 Å². The molecule has 53 heavy (non-hydrogen) atoms. The lowest BCUT2D eigenvalue weighted by atomic mass is 9.57. The highest BCUT2D eigenvalue weighted by molar-refractivity contribution is 7.89. The Morgan fingerprint density at radius 1 is 0.981 bits per heavy atom. The molecule has 3 atom stereocenters. The summed E-state index contributed by atoms with van der Waals surface area (Å²) in [5.41, 5.74) is 1.35. The summed E-state index contributed by atoms with van der Waals surface area (Å²) in [6, 6.07) is 15.7. The number of benzene rings is 3. The average Bonchev–Trinajstić information content (AvgIpc) is 3.35. The first-order valence-corrected chi connectivity index (χ1v) is 20.5. The molecule has 3 amide bonds. The van der Waals surface area contributed by atoms with Gasteiger partial charge < -0.3 is 9.53 Å². The van der Waals surface area contributed by atoms with E-state index in [2.05, 4.69) is 11.3 Å². The third-order valence-electron chi connectivity index (χ3n) is 10.4. The van der Waals surface area contributed by atoms with Gasteiger partial charge >= 0.3 is 0 Å². The maximum atomic E-state index is 15.7. The Bertz CT molecular complexity index is 2040. The Morgan fingerprint density at radius 2 is 1.62 bits per heavy atom. The van der Waals surface area contributed by atoms with Crippen LogP contribution in [-0.4, -0.2) is 44.3 Å². The van der Waals surface area contributed by atoms with Crippen LogP contribution >= 0.6 is 23.2 Å². The molecule has 12 heteroatoms. The molecule has 9 nitrogen and oxygen atoms in total. The highest BCUT2D eigenvalue weighted by Gasteiger charge is 2.62. The minimum absolute atomic E-state index is 0.0191. The largest absolute Gasteiger partial charge is 0.477 e. The van der Waals surface area contributed by atoms with E-state index in [1.165, 1.54) is 4.90 Å². The topological polar surface area (TPSA) is 127 Å². The van der Waals surface area contributed by atoms with Gasteiger partial charge in [0.1, 0.15) is 12.0 Å². The summed E-state index contributed by atoms with van der Waals surface area (Å²) in [4.78, 5) is 57.3. The number of allylic oxidation sites excluding steroid dienone is 1. The van der Waals surface area contributed by atoms with Crippen molar-refractivity contribution in [1.29, 1.82) is 0 Å². The van der Waals surface area contributed by atoms with E-state index in [9.17, 15) is 22.8 Å². The van der Waals surface area contributed by atoms with Crippen LogP contribution in [0.3, 0.4) is 0 Å². The second-order valence-electron chi connectivity index (χ2n) is 13.8. The van der Waals surface area contributed by atoms with E-state index >= 15 is 4.79 Å². The molecule has 0 radical (unpaired) electrons. The van der Waals surface area contributed by atoms with E-state index in [1.54, 1.807) is 57.2 Å². The molecule has 0 saturated carbocycles. The molecule has 284 valence electrons. The van der Waals surface area contributed by atoms with E-state index in [0.717, 1.165) is 34.8 Å². The Morgan fingerprint density at radius 3 is 2.19 bits per heavy atom. The molecule has 0 saturated heterocycles. The van der Waals surface area contributed by atoms with Gasteiger partial charge in [0.2, 0.25) is 21.8 Å². The highest BCUT2D eigenvalue weighted by atomic mass is 35.5. The standard InChI is InChI=1S/C41H48Cl2N2O7S/c1-9-13-32(30-22-27(25(5)6)15-14-26(30)7)41(34-18-16-29(43)24-35(34)45(39(41)49)37(47)10-2)33(20-21-46)31-23-28(42)17-19-36(31)52-40(11-3,12-4)38(48)44-53(8,50)51/h14-19,21-24,32-33H,5,9-13,20H2,1-4,6-8H3,(H,44,48). The highest BCUT2D eigenvalue weighted by Crippen LogP contribution is 2.61. The number of fused-ring (bicyclic) bond motifs is 1. The van der Waals surface area contributed by atoms with Crippen LogP contribution in [0, 0.1) is 6.92 Å². The molecule has 0 spiro atoms. The molecular weight excluding hydrogens is 735 g/mol. The Hall–Kier alpha value is -3.99. The maximum absolute atomic E-state index is 15.7. The first-order chi connectivity index (χ1) is 25.0. The second kappa shape index (κ2) is 16.6. The number of carbonyl (C=O) groups excluding carboxylic acids is 4. The maximum Gasteiger partial charge on any atom is 0.277 e. The number of aldehydes is 1. The van der Waals surface area contributed by atoms with Gasteiger partial charge in [0.15, 0.2) is 5.60 Å². The van der Waals surface area contributed by atoms with Crippen LogP contribution in [0.25, 0.3) is 5.57 Å². The predicted octanol–water partition coefficient (Wildman–Crippen LogP) is 8.83. The lowest BCUT2D eigenvalue weighted by Crippen LogP contribution is -2.52. The minimum Gasteiger partial charge on any atom is -0.477 e. The van der Waals surface area contributed by atoms with Gasteiger partial charge in [-0.15, -0.1) is 0 Å². The summed E-state index contributed by atoms with van der Waals surface area (Å²) in [5.74, 6) is -3.31. The number of halogens is 2. The van der Waals surface area contributed by atoms with Crippen LogP contribution < -0.4 is 14.4 Å². The molecule has 0 aromatic heterocycles. The molecule has 3 aromatic rings. The van der Waals surface area contributed by atoms with Crippen molar-refractivity contribution in [3.63, 3.8) is 0 Å². The molecule has 0 fully saturated rings. The monoisotopic (exact) mass is 782 g/mol. The number of nitrogens with one attached hydrogen (secondary N) is 1. The van der Waals surface area contributed by atoms with Gasteiger partial charge in [0, 0.05) is 40.3 Å². The van der Waals surface area contributed by atoms with Gasteiger partial charge in [0.25, 0.3) is 5.91 Å². The summed E-state index contributed by atoms with van der Waals surface area (Å²) in [7, 11) is -3.95. The number of nitrogens with zero attached hydrogens (tertiary/aromatic N) is 1. The fraction of sp³-hybridized carbons (Fsp3) is 0.415. The minimum atomic E-state index is -3.95. The third kappa shape index (κ3) is 7.96. The van der Waals surface area contributed by atoms with Crippen molar-refractivity contribution in [1.82, 2.24) is 4.72 Å².